The summed E-state index contributed by atoms with van der Waals surface area (Å²) < 4.78 is 6.70. The molecule has 0 atom stereocenters. The van der Waals surface area contributed by atoms with Crippen molar-refractivity contribution in [2.45, 2.75) is 25.8 Å². The quantitative estimate of drug-likeness (QED) is 0.861. The topological polar surface area (TPSA) is 84.7 Å². The standard InChI is InChI=1S/C16H19N3O4S/c1-10-13(15(20)23-2)9-24-14(10)11-7-17-19(8-11)12-3-5-18(6-4-12)16(21)22/h7-9,12H,3-6H2,1-2H3,(H,21,22). The Labute approximate surface area is 143 Å². The lowest BCUT2D eigenvalue weighted by Crippen LogP contribution is -2.38. The van der Waals surface area contributed by atoms with E-state index in [4.69, 9.17) is 9.84 Å². The van der Waals surface area contributed by atoms with Gasteiger partial charge in [0.2, 0.25) is 0 Å². The average Bonchev–Trinajstić information content (AvgIpc) is 3.21. The average molecular weight is 349 g/mol. The molecule has 8 heteroatoms. The molecule has 1 N–H and O–H groups in total. The molecule has 0 unspecified atom stereocenters. The van der Waals surface area contributed by atoms with Gasteiger partial charge in [0.25, 0.3) is 0 Å². The molecular formula is C16H19N3O4S. The highest BCUT2D eigenvalue weighted by molar-refractivity contribution is 7.14. The second-order valence-corrected chi connectivity index (χ2v) is 6.68. The van der Waals surface area contributed by atoms with E-state index in [9.17, 15) is 9.59 Å². The van der Waals surface area contributed by atoms with Crippen molar-refractivity contribution in [1.29, 1.82) is 0 Å². The van der Waals surface area contributed by atoms with Gasteiger partial charge in [0.15, 0.2) is 0 Å². The number of amides is 1. The van der Waals surface area contributed by atoms with E-state index < -0.39 is 6.09 Å². The Morgan fingerprint density at radius 2 is 2.08 bits per heavy atom. The van der Waals surface area contributed by atoms with Crippen molar-refractivity contribution in [3.8, 4) is 10.4 Å². The second-order valence-electron chi connectivity index (χ2n) is 5.80. The minimum atomic E-state index is -0.862. The number of rotatable bonds is 3. The van der Waals surface area contributed by atoms with Crippen molar-refractivity contribution in [3.63, 3.8) is 0 Å². The zero-order valence-corrected chi connectivity index (χ0v) is 14.4. The van der Waals surface area contributed by atoms with E-state index in [0.29, 0.717) is 18.7 Å². The van der Waals surface area contributed by atoms with Gasteiger partial charge in [0.05, 0.1) is 24.9 Å². The molecule has 0 radical (unpaired) electrons. The molecule has 1 amide bonds. The molecule has 3 rings (SSSR count). The van der Waals surface area contributed by atoms with E-state index in [1.54, 1.807) is 11.6 Å². The minimum Gasteiger partial charge on any atom is -0.465 e. The third kappa shape index (κ3) is 3.01. The van der Waals surface area contributed by atoms with Crippen LogP contribution in [0.4, 0.5) is 4.79 Å². The van der Waals surface area contributed by atoms with Gasteiger partial charge in [0.1, 0.15) is 0 Å². The van der Waals surface area contributed by atoms with Gasteiger partial charge < -0.3 is 14.7 Å². The van der Waals surface area contributed by atoms with Gasteiger partial charge in [-0.3, -0.25) is 4.68 Å². The maximum Gasteiger partial charge on any atom is 0.407 e. The molecule has 24 heavy (non-hydrogen) atoms. The van der Waals surface area contributed by atoms with Crippen LogP contribution in [0.15, 0.2) is 17.8 Å². The molecule has 1 saturated heterocycles. The Balaban J connectivity index is 1.76. The Morgan fingerprint density at radius 1 is 1.38 bits per heavy atom. The zero-order chi connectivity index (χ0) is 17.3. The van der Waals surface area contributed by atoms with Crippen molar-refractivity contribution in [2.75, 3.05) is 20.2 Å². The van der Waals surface area contributed by atoms with Gasteiger partial charge in [-0.25, -0.2) is 9.59 Å². The van der Waals surface area contributed by atoms with Crippen molar-refractivity contribution in [3.05, 3.63) is 28.9 Å². The monoisotopic (exact) mass is 349 g/mol. The number of thiophene rings is 1. The normalized spacial score (nSPS) is 15.5. The van der Waals surface area contributed by atoms with Crippen LogP contribution in [0.3, 0.4) is 0 Å². The van der Waals surface area contributed by atoms with E-state index in [2.05, 4.69) is 5.10 Å². The van der Waals surface area contributed by atoms with Crippen LogP contribution in [-0.4, -0.2) is 52.0 Å². The number of carbonyl (C=O) groups excluding carboxylic acids is 1. The Hall–Kier alpha value is -2.35. The number of ether oxygens (including phenoxy) is 1. The fourth-order valence-corrected chi connectivity index (χ4v) is 4.03. The van der Waals surface area contributed by atoms with E-state index in [-0.39, 0.29) is 12.0 Å². The third-order valence-electron chi connectivity index (χ3n) is 4.42. The minimum absolute atomic E-state index is 0.203. The first-order chi connectivity index (χ1) is 11.5. The van der Waals surface area contributed by atoms with Gasteiger partial charge in [-0.15, -0.1) is 11.3 Å². The molecule has 3 heterocycles. The lowest BCUT2D eigenvalue weighted by Gasteiger charge is -2.30. The van der Waals surface area contributed by atoms with E-state index >= 15 is 0 Å². The molecule has 1 aliphatic rings. The molecule has 128 valence electrons. The first kappa shape index (κ1) is 16.5. The molecule has 0 saturated carbocycles. The van der Waals surface area contributed by atoms with Crippen LogP contribution >= 0.6 is 11.3 Å². The predicted octanol–water partition coefficient (Wildman–Crippen LogP) is 3.02. The number of hydrogen-bond acceptors (Lipinski definition) is 5. The third-order valence-corrected chi connectivity index (χ3v) is 5.55. The molecule has 0 bridgehead atoms. The highest BCUT2D eigenvalue weighted by atomic mass is 32.1. The number of carbonyl (C=O) groups is 2. The van der Waals surface area contributed by atoms with E-state index in [1.807, 2.05) is 17.8 Å². The summed E-state index contributed by atoms with van der Waals surface area (Å²) in [6.45, 7) is 2.96. The summed E-state index contributed by atoms with van der Waals surface area (Å²) in [4.78, 5) is 25.1. The van der Waals surface area contributed by atoms with Crippen LogP contribution in [-0.2, 0) is 4.74 Å². The summed E-state index contributed by atoms with van der Waals surface area (Å²) in [5, 5.41) is 15.3. The molecule has 7 nitrogen and oxygen atoms in total. The lowest BCUT2D eigenvalue weighted by atomic mass is 10.1. The van der Waals surface area contributed by atoms with Crippen LogP contribution in [0.1, 0.15) is 34.8 Å². The van der Waals surface area contributed by atoms with E-state index in [0.717, 1.165) is 28.8 Å². The highest BCUT2D eigenvalue weighted by Gasteiger charge is 2.24. The van der Waals surface area contributed by atoms with Crippen LogP contribution in [0.2, 0.25) is 0 Å². The molecule has 0 aromatic carbocycles. The maximum absolute atomic E-state index is 11.7. The maximum atomic E-state index is 11.7. The van der Waals surface area contributed by atoms with Crippen molar-refractivity contribution in [2.24, 2.45) is 0 Å². The number of esters is 1. The largest absolute Gasteiger partial charge is 0.465 e. The summed E-state index contributed by atoms with van der Waals surface area (Å²) in [6.07, 6.45) is 4.41. The second kappa shape index (κ2) is 6.64. The fourth-order valence-electron chi connectivity index (χ4n) is 2.99. The zero-order valence-electron chi connectivity index (χ0n) is 13.6. The molecule has 1 aliphatic heterocycles. The molecule has 2 aromatic rings. The van der Waals surface area contributed by atoms with Crippen LogP contribution in [0, 0.1) is 6.92 Å². The molecule has 0 aliphatic carbocycles. The molecular weight excluding hydrogens is 330 g/mol. The number of nitrogens with zero attached hydrogens (tertiary/aromatic N) is 3. The van der Waals surface area contributed by atoms with Crippen LogP contribution in [0.25, 0.3) is 10.4 Å². The van der Waals surface area contributed by atoms with E-state index in [1.165, 1.54) is 23.3 Å². The number of piperidine rings is 1. The lowest BCUT2D eigenvalue weighted by molar-refractivity contribution is 0.0600. The fraction of sp³-hybridized carbons (Fsp3) is 0.438. The Morgan fingerprint density at radius 3 is 2.71 bits per heavy atom. The van der Waals surface area contributed by atoms with Crippen molar-refractivity contribution >= 4 is 23.4 Å². The van der Waals surface area contributed by atoms with Crippen molar-refractivity contribution in [1.82, 2.24) is 14.7 Å². The van der Waals surface area contributed by atoms with Crippen molar-refractivity contribution < 1.29 is 19.4 Å². The predicted molar refractivity (Wildman–Crippen MR) is 89.5 cm³/mol. The van der Waals surface area contributed by atoms with Gasteiger partial charge >= 0.3 is 12.1 Å². The molecule has 2 aromatic heterocycles. The first-order valence-electron chi connectivity index (χ1n) is 7.70. The summed E-state index contributed by atoms with van der Waals surface area (Å²) >= 11 is 1.50. The number of carboxylic acid groups (broad SMARTS) is 1. The van der Waals surface area contributed by atoms with Crippen LogP contribution in [0.5, 0.6) is 0 Å². The molecule has 0 spiro atoms. The van der Waals surface area contributed by atoms with Gasteiger partial charge in [0, 0.05) is 35.1 Å². The number of methoxy groups -OCH3 is 1. The number of likely N-dealkylation sites (tertiary alicyclic amines) is 1. The Kier molecular flexibility index (Phi) is 4.57. The van der Waals surface area contributed by atoms with Gasteiger partial charge in [-0.2, -0.15) is 5.10 Å². The molecule has 1 fully saturated rings. The summed E-state index contributed by atoms with van der Waals surface area (Å²) in [5.41, 5.74) is 2.44. The highest BCUT2D eigenvalue weighted by Crippen LogP contribution is 2.33. The first-order valence-corrected chi connectivity index (χ1v) is 8.58. The summed E-state index contributed by atoms with van der Waals surface area (Å²) in [7, 11) is 1.38. The summed E-state index contributed by atoms with van der Waals surface area (Å²) in [5.74, 6) is -0.330. The Bertz CT molecular complexity index is 759. The van der Waals surface area contributed by atoms with Gasteiger partial charge in [-0.1, -0.05) is 0 Å². The van der Waals surface area contributed by atoms with Crippen LogP contribution < -0.4 is 0 Å². The van der Waals surface area contributed by atoms with Gasteiger partial charge in [-0.05, 0) is 25.3 Å². The SMILES string of the molecule is COC(=O)c1csc(-c2cnn(C3CCN(C(=O)O)CC3)c2)c1C. The number of hydrogen-bond donors (Lipinski definition) is 1. The number of aromatic nitrogens is 2. The smallest absolute Gasteiger partial charge is 0.407 e. The summed E-state index contributed by atoms with van der Waals surface area (Å²) in [6, 6.07) is 0.203.